The molecule has 8 nitrogen and oxygen atoms in total. The van der Waals surface area contributed by atoms with Crippen molar-refractivity contribution in [3.63, 3.8) is 0 Å². The fourth-order valence-corrected chi connectivity index (χ4v) is 3.22. The van der Waals surface area contributed by atoms with E-state index >= 15 is 0 Å². The second kappa shape index (κ2) is 8.93. The number of aliphatic carboxylic acids is 1. The van der Waals surface area contributed by atoms with Gasteiger partial charge in [0.05, 0.1) is 5.02 Å². The lowest BCUT2D eigenvalue weighted by atomic mass is 9.99. The van der Waals surface area contributed by atoms with E-state index in [-0.39, 0.29) is 27.3 Å². The van der Waals surface area contributed by atoms with Crippen molar-refractivity contribution in [2.24, 2.45) is 0 Å². The number of halogens is 3. The minimum absolute atomic E-state index is 0.0275. The van der Waals surface area contributed by atoms with Crippen molar-refractivity contribution in [1.82, 2.24) is 0 Å². The zero-order valence-electron chi connectivity index (χ0n) is 14.4. The number of aliphatic hydroxyl groups is 3. The van der Waals surface area contributed by atoms with E-state index in [4.69, 9.17) is 54.1 Å². The lowest BCUT2D eigenvalue weighted by molar-refractivity contribution is -0.271. The van der Waals surface area contributed by atoms with Gasteiger partial charge in [-0.1, -0.05) is 34.8 Å². The third kappa shape index (κ3) is 4.87. The number of aliphatic hydroxyl groups excluding tert-OH is 3. The van der Waals surface area contributed by atoms with Crippen LogP contribution in [0.4, 0.5) is 0 Å². The molecule has 0 aliphatic carbocycles. The summed E-state index contributed by atoms with van der Waals surface area (Å²) in [7, 11) is 0. The summed E-state index contributed by atoms with van der Waals surface area (Å²) < 4.78 is 16.3. The topological polar surface area (TPSA) is 126 Å². The number of carboxylic acids is 1. The maximum atomic E-state index is 11.2. The molecular formula is C18H15Cl3O8. The van der Waals surface area contributed by atoms with E-state index in [2.05, 4.69) is 0 Å². The first kappa shape index (κ1) is 21.9. The van der Waals surface area contributed by atoms with Gasteiger partial charge in [0, 0.05) is 16.1 Å². The number of carbonyl (C=O) groups is 1. The number of hydrogen-bond acceptors (Lipinski definition) is 7. The molecule has 0 saturated carbocycles. The summed E-state index contributed by atoms with van der Waals surface area (Å²) in [5.41, 5.74) is 0. The average molecular weight is 466 g/mol. The zero-order chi connectivity index (χ0) is 21.3. The Hall–Kier alpha value is -1.78. The highest BCUT2D eigenvalue weighted by Crippen LogP contribution is 2.39. The molecule has 0 bridgehead atoms. The van der Waals surface area contributed by atoms with Gasteiger partial charge in [-0.2, -0.15) is 0 Å². The summed E-state index contributed by atoms with van der Waals surface area (Å²) in [5, 5.41) is 39.8. The van der Waals surface area contributed by atoms with Gasteiger partial charge in [-0.3, -0.25) is 0 Å². The van der Waals surface area contributed by atoms with Gasteiger partial charge < -0.3 is 34.6 Å². The van der Waals surface area contributed by atoms with Crippen LogP contribution in [0.15, 0.2) is 36.4 Å². The van der Waals surface area contributed by atoms with E-state index in [1.807, 2.05) is 0 Å². The molecule has 0 radical (unpaired) electrons. The number of rotatable bonds is 5. The monoisotopic (exact) mass is 464 g/mol. The van der Waals surface area contributed by atoms with Crippen LogP contribution in [0.5, 0.6) is 17.2 Å². The van der Waals surface area contributed by atoms with Gasteiger partial charge in [-0.05, 0) is 30.3 Å². The predicted octanol–water partition coefficient (Wildman–Crippen LogP) is 2.71. The Morgan fingerprint density at radius 1 is 0.862 bits per heavy atom. The van der Waals surface area contributed by atoms with E-state index in [0.29, 0.717) is 5.02 Å². The van der Waals surface area contributed by atoms with Crippen LogP contribution in [0.2, 0.25) is 15.1 Å². The van der Waals surface area contributed by atoms with Crippen molar-refractivity contribution >= 4 is 40.8 Å². The first-order valence-electron chi connectivity index (χ1n) is 8.19. The van der Waals surface area contributed by atoms with Crippen molar-refractivity contribution in [3.05, 3.63) is 51.5 Å². The average Bonchev–Trinajstić information content (AvgIpc) is 2.66. The van der Waals surface area contributed by atoms with E-state index < -0.39 is 36.7 Å². The molecule has 11 heteroatoms. The highest BCUT2D eigenvalue weighted by Gasteiger charge is 2.48. The molecule has 156 valence electrons. The molecule has 3 rings (SSSR count). The highest BCUT2D eigenvalue weighted by atomic mass is 35.5. The van der Waals surface area contributed by atoms with Gasteiger partial charge in [0.15, 0.2) is 17.6 Å². The molecule has 1 unspecified atom stereocenters. The maximum absolute atomic E-state index is 11.2. The number of benzene rings is 2. The van der Waals surface area contributed by atoms with E-state index in [0.717, 1.165) is 0 Å². The second-order valence-electron chi connectivity index (χ2n) is 6.12. The third-order valence-corrected chi connectivity index (χ3v) is 4.84. The van der Waals surface area contributed by atoms with Crippen molar-refractivity contribution in [2.75, 3.05) is 0 Å². The van der Waals surface area contributed by atoms with Crippen molar-refractivity contribution in [2.45, 2.75) is 30.7 Å². The van der Waals surface area contributed by atoms with E-state index in [1.54, 1.807) is 6.07 Å². The molecule has 1 heterocycles. The second-order valence-corrected chi connectivity index (χ2v) is 7.40. The highest BCUT2D eigenvalue weighted by molar-refractivity contribution is 6.35. The first-order chi connectivity index (χ1) is 13.7. The molecule has 1 aliphatic rings. The van der Waals surface area contributed by atoms with Crippen LogP contribution < -0.4 is 9.47 Å². The molecule has 0 spiro atoms. The largest absolute Gasteiger partial charge is 0.479 e. The number of carboxylic acid groups (broad SMARTS) is 1. The van der Waals surface area contributed by atoms with Crippen LogP contribution in [0.25, 0.3) is 0 Å². The maximum Gasteiger partial charge on any atom is 0.335 e. The quantitative estimate of drug-likeness (QED) is 0.531. The minimum Gasteiger partial charge on any atom is -0.479 e. The standard InChI is InChI=1S/C18H15Cl3O8/c19-7-1-3-10(9(21)5-7)27-11-4-2-8(20)6-12(11)28-18-15(24)13(22)14(23)16(29-18)17(25)26/h1-6,13-16,18,22-24H,(H,25,26)/t13-,14-,15+,16-,18?/m0/s1. The molecule has 1 saturated heterocycles. The molecule has 1 aliphatic heterocycles. The smallest absolute Gasteiger partial charge is 0.335 e. The van der Waals surface area contributed by atoms with E-state index in [1.165, 1.54) is 30.3 Å². The van der Waals surface area contributed by atoms with Crippen LogP contribution in [0, 0.1) is 0 Å². The zero-order valence-corrected chi connectivity index (χ0v) is 16.7. The van der Waals surface area contributed by atoms with Gasteiger partial charge in [-0.15, -0.1) is 0 Å². The SMILES string of the molecule is O=C(O)[C@H]1OC(Oc2cc(Cl)ccc2Oc2ccc(Cl)cc2Cl)[C@H](O)[C@@H](O)[C@@H]1O. The summed E-state index contributed by atoms with van der Waals surface area (Å²) >= 11 is 18.0. The molecule has 0 aromatic heterocycles. The summed E-state index contributed by atoms with van der Waals surface area (Å²) in [5.74, 6) is -1.21. The van der Waals surface area contributed by atoms with Crippen LogP contribution in [0.3, 0.4) is 0 Å². The van der Waals surface area contributed by atoms with Gasteiger partial charge in [0.25, 0.3) is 0 Å². The Labute approximate surface area is 179 Å². The van der Waals surface area contributed by atoms with Gasteiger partial charge >= 0.3 is 5.97 Å². The Morgan fingerprint density at radius 2 is 1.48 bits per heavy atom. The molecule has 4 N–H and O–H groups in total. The van der Waals surface area contributed by atoms with Crippen LogP contribution in [0.1, 0.15) is 0 Å². The summed E-state index contributed by atoms with van der Waals surface area (Å²) in [4.78, 5) is 11.2. The van der Waals surface area contributed by atoms with E-state index in [9.17, 15) is 20.1 Å². The Balaban J connectivity index is 1.88. The fourth-order valence-electron chi connectivity index (χ4n) is 2.61. The molecule has 2 aromatic carbocycles. The third-order valence-electron chi connectivity index (χ3n) is 4.08. The summed E-state index contributed by atoms with van der Waals surface area (Å²) in [6, 6.07) is 8.85. The predicted molar refractivity (Wildman–Crippen MR) is 103 cm³/mol. The van der Waals surface area contributed by atoms with Crippen LogP contribution >= 0.6 is 34.8 Å². The minimum atomic E-state index is -1.84. The van der Waals surface area contributed by atoms with Crippen molar-refractivity contribution in [3.8, 4) is 17.2 Å². The van der Waals surface area contributed by atoms with Gasteiger partial charge in [-0.25, -0.2) is 4.79 Å². The van der Waals surface area contributed by atoms with Gasteiger partial charge in [0.2, 0.25) is 6.29 Å². The Kier molecular flexibility index (Phi) is 6.75. The molecule has 29 heavy (non-hydrogen) atoms. The van der Waals surface area contributed by atoms with Crippen LogP contribution in [-0.4, -0.2) is 57.1 Å². The van der Waals surface area contributed by atoms with Crippen molar-refractivity contribution < 1.29 is 39.4 Å². The van der Waals surface area contributed by atoms with Crippen LogP contribution in [-0.2, 0) is 9.53 Å². The number of ether oxygens (including phenoxy) is 3. The summed E-state index contributed by atoms with van der Waals surface area (Å²) in [6.45, 7) is 0. The van der Waals surface area contributed by atoms with Crippen molar-refractivity contribution in [1.29, 1.82) is 0 Å². The molecule has 5 atom stereocenters. The first-order valence-corrected chi connectivity index (χ1v) is 9.32. The molecule has 2 aromatic rings. The Morgan fingerprint density at radius 3 is 2.10 bits per heavy atom. The fraction of sp³-hybridized carbons (Fsp3) is 0.278. The molecular weight excluding hydrogens is 451 g/mol. The lowest BCUT2D eigenvalue weighted by Gasteiger charge is -2.38. The molecule has 1 fully saturated rings. The Bertz CT molecular complexity index is 909. The molecule has 0 amide bonds. The lowest BCUT2D eigenvalue weighted by Crippen LogP contribution is -2.61. The number of hydrogen-bond donors (Lipinski definition) is 4. The normalized spacial score (nSPS) is 26.8. The van der Waals surface area contributed by atoms with Gasteiger partial charge in [0.1, 0.15) is 24.1 Å². The summed E-state index contributed by atoms with van der Waals surface area (Å²) in [6.07, 6.45) is -8.84.